The smallest absolute Gasteiger partial charge is 0.250 e. The van der Waals surface area contributed by atoms with Crippen molar-refractivity contribution in [1.29, 1.82) is 0 Å². The number of amides is 1. The molecule has 1 rings (SSSR count). The third-order valence-electron chi connectivity index (χ3n) is 1.75. The molecule has 2 nitrogen and oxygen atoms in total. The topological polar surface area (TPSA) is 29.1 Å². The number of hydrogen-bond acceptors (Lipinski definition) is 1. The summed E-state index contributed by atoms with van der Waals surface area (Å²) in [7, 11) is 0. The average molecular weight is 137 g/mol. The zero-order chi connectivity index (χ0) is 7.72. The van der Waals surface area contributed by atoms with Crippen LogP contribution in [0.3, 0.4) is 0 Å². The number of allylic oxidation sites excluding steroid dienone is 1. The first-order valence-electron chi connectivity index (χ1n) is 3.26. The Kier molecular flexibility index (Phi) is 1.62. The molecule has 0 radical (unpaired) electrons. The minimum atomic E-state index is -0.00579. The Morgan fingerprint density at radius 2 is 2.10 bits per heavy atom. The van der Waals surface area contributed by atoms with Gasteiger partial charge in [-0.3, -0.25) is 4.79 Å². The summed E-state index contributed by atoms with van der Waals surface area (Å²) in [5.74, 6) is -0.00579. The molecule has 0 unspecified atom stereocenters. The van der Waals surface area contributed by atoms with Gasteiger partial charge in [0.2, 0.25) is 0 Å². The van der Waals surface area contributed by atoms with Gasteiger partial charge < -0.3 is 5.32 Å². The molecule has 1 heterocycles. The monoisotopic (exact) mass is 137 g/mol. The summed E-state index contributed by atoms with van der Waals surface area (Å²) < 4.78 is 0. The second-order valence-corrected chi connectivity index (χ2v) is 2.64. The van der Waals surface area contributed by atoms with Crippen molar-refractivity contribution in [1.82, 2.24) is 5.32 Å². The van der Waals surface area contributed by atoms with E-state index in [0.29, 0.717) is 0 Å². The van der Waals surface area contributed by atoms with E-state index in [1.807, 2.05) is 13.8 Å². The quantitative estimate of drug-likeness (QED) is 0.536. The van der Waals surface area contributed by atoms with Crippen LogP contribution < -0.4 is 5.32 Å². The predicted molar refractivity (Wildman–Crippen MR) is 40.3 cm³/mol. The fraction of sp³-hybridized carbons (Fsp3) is 0.375. The van der Waals surface area contributed by atoms with Crippen molar-refractivity contribution in [3.63, 3.8) is 0 Å². The molecule has 54 valence electrons. The van der Waals surface area contributed by atoms with Crippen LogP contribution in [-0.2, 0) is 4.79 Å². The molecule has 10 heavy (non-hydrogen) atoms. The first-order valence-corrected chi connectivity index (χ1v) is 3.26. The molecule has 0 aromatic heterocycles. The van der Waals surface area contributed by atoms with Gasteiger partial charge in [-0.25, -0.2) is 0 Å². The van der Waals surface area contributed by atoms with E-state index in [2.05, 4.69) is 11.9 Å². The van der Waals surface area contributed by atoms with Crippen LogP contribution in [0, 0.1) is 0 Å². The van der Waals surface area contributed by atoms with Crippen molar-refractivity contribution < 1.29 is 4.79 Å². The first kappa shape index (κ1) is 7.06. The minimum Gasteiger partial charge on any atom is -0.326 e. The van der Waals surface area contributed by atoms with Crippen LogP contribution >= 0.6 is 0 Å². The van der Waals surface area contributed by atoms with E-state index >= 15 is 0 Å². The van der Waals surface area contributed by atoms with Gasteiger partial charge in [0.05, 0.1) is 0 Å². The molecular formula is C8H11NO. The van der Waals surface area contributed by atoms with Gasteiger partial charge in [-0.15, -0.1) is 0 Å². The maximum absolute atomic E-state index is 11.0. The van der Waals surface area contributed by atoms with E-state index < -0.39 is 0 Å². The Morgan fingerprint density at radius 3 is 2.60 bits per heavy atom. The summed E-state index contributed by atoms with van der Waals surface area (Å²) >= 11 is 0. The molecule has 0 bridgehead atoms. The molecule has 0 aromatic carbocycles. The fourth-order valence-corrected chi connectivity index (χ4v) is 0.945. The zero-order valence-electron chi connectivity index (χ0n) is 6.32. The van der Waals surface area contributed by atoms with Crippen molar-refractivity contribution >= 4 is 5.91 Å². The standard InChI is InChI=1S/C8H11NO/c1-5-4-6(2)9-8(10)7(5)3/h2,4H2,1,3H3,(H,9,10). The van der Waals surface area contributed by atoms with Crippen molar-refractivity contribution in [2.75, 3.05) is 0 Å². The van der Waals surface area contributed by atoms with Gasteiger partial charge >= 0.3 is 0 Å². The Hall–Kier alpha value is -1.05. The number of rotatable bonds is 0. The largest absolute Gasteiger partial charge is 0.326 e. The molecule has 1 aliphatic heterocycles. The Labute approximate surface area is 60.6 Å². The van der Waals surface area contributed by atoms with E-state index in [4.69, 9.17) is 0 Å². The molecule has 0 fully saturated rings. The second kappa shape index (κ2) is 2.29. The summed E-state index contributed by atoms with van der Waals surface area (Å²) in [5.41, 5.74) is 2.74. The molecule has 0 saturated carbocycles. The average Bonchev–Trinajstić information content (AvgIpc) is 1.82. The van der Waals surface area contributed by atoms with Crippen LogP contribution in [0.2, 0.25) is 0 Å². The highest BCUT2D eigenvalue weighted by Gasteiger charge is 2.14. The van der Waals surface area contributed by atoms with Gasteiger partial charge in [0.1, 0.15) is 0 Å². The van der Waals surface area contributed by atoms with Gasteiger partial charge in [0.15, 0.2) is 0 Å². The third-order valence-corrected chi connectivity index (χ3v) is 1.75. The van der Waals surface area contributed by atoms with Gasteiger partial charge in [0, 0.05) is 17.7 Å². The highest BCUT2D eigenvalue weighted by Crippen LogP contribution is 2.16. The number of nitrogens with one attached hydrogen (secondary N) is 1. The molecule has 1 aliphatic rings. The van der Waals surface area contributed by atoms with E-state index in [1.165, 1.54) is 0 Å². The molecule has 1 amide bonds. The van der Waals surface area contributed by atoms with Crippen LogP contribution in [-0.4, -0.2) is 5.91 Å². The molecule has 0 aliphatic carbocycles. The van der Waals surface area contributed by atoms with Crippen LogP contribution in [0.4, 0.5) is 0 Å². The first-order chi connectivity index (χ1) is 4.61. The third kappa shape index (κ3) is 1.10. The highest BCUT2D eigenvalue weighted by atomic mass is 16.1. The van der Waals surface area contributed by atoms with Gasteiger partial charge in [-0.1, -0.05) is 12.2 Å². The maximum atomic E-state index is 11.0. The summed E-state index contributed by atoms with van der Waals surface area (Å²) in [6, 6.07) is 0. The Bertz CT molecular complexity index is 225. The summed E-state index contributed by atoms with van der Waals surface area (Å²) in [4.78, 5) is 11.0. The zero-order valence-corrected chi connectivity index (χ0v) is 6.32. The molecule has 2 heteroatoms. The molecule has 0 aromatic rings. The van der Waals surface area contributed by atoms with E-state index in [1.54, 1.807) is 0 Å². The van der Waals surface area contributed by atoms with Crippen molar-refractivity contribution in [3.05, 3.63) is 23.4 Å². The van der Waals surface area contributed by atoms with E-state index in [-0.39, 0.29) is 5.91 Å². The number of carbonyl (C=O) groups is 1. The van der Waals surface area contributed by atoms with Crippen molar-refractivity contribution in [2.24, 2.45) is 0 Å². The molecule has 0 spiro atoms. The van der Waals surface area contributed by atoms with Crippen molar-refractivity contribution in [3.8, 4) is 0 Å². The Morgan fingerprint density at radius 1 is 1.50 bits per heavy atom. The van der Waals surface area contributed by atoms with Crippen LogP contribution in [0.15, 0.2) is 23.4 Å². The summed E-state index contributed by atoms with van der Waals surface area (Å²) in [6.07, 6.45) is 0.803. The van der Waals surface area contributed by atoms with Crippen LogP contribution in [0.5, 0.6) is 0 Å². The lowest BCUT2D eigenvalue weighted by Crippen LogP contribution is -2.27. The predicted octanol–water partition coefficient (Wildman–Crippen LogP) is 1.36. The highest BCUT2D eigenvalue weighted by molar-refractivity contribution is 5.95. The minimum absolute atomic E-state index is 0.00579. The summed E-state index contributed by atoms with van der Waals surface area (Å²) in [6.45, 7) is 7.47. The lowest BCUT2D eigenvalue weighted by Gasteiger charge is -2.16. The summed E-state index contributed by atoms with van der Waals surface area (Å²) in [5, 5.41) is 2.67. The maximum Gasteiger partial charge on any atom is 0.250 e. The van der Waals surface area contributed by atoms with Crippen LogP contribution in [0.25, 0.3) is 0 Å². The van der Waals surface area contributed by atoms with Gasteiger partial charge in [-0.05, 0) is 13.8 Å². The molecular weight excluding hydrogens is 126 g/mol. The van der Waals surface area contributed by atoms with Gasteiger partial charge in [-0.2, -0.15) is 0 Å². The fourth-order valence-electron chi connectivity index (χ4n) is 0.945. The second-order valence-electron chi connectivity index (χ2n) is 2.64. The van der Waals surface area contributed by atoms with Gasteiger partial charge in [0.25, 0.3) is 5.91 Å². The van der Waals surface area contributed by atoms with E-state index in [0.717, 1.165) is 23.3 Å². The number of hydrogen-bond donors (Lipinski definition) is 1. The van der Waals surface area contributed by atoms with Crippen molar-refractivity contribution in [2.45, 2.75) is 20.3 Å². The Balaban J connectivity index is 2.95. The van der Waals surface area contributed by atoms with E-state index in [9.17, 15) is 4.79 Å². The molecule has 0 atom stereocenters. The normalized spacial score (nSPS) is 19.4. The molecule has 1 N–H and O–H groups in total. The number of carbonyl (C=O) groups excluding carboxylic acids is 1. The molecule has 0 saturated heterocycles. The lowest BCUT2D eigenvalue weighted by molar-refractivity contribution is -0.117. The lowest BCUT2D eigenvalue weighted by atomic mass is 10.0. The van der Waals surface area contributed by atoms with Crippen LogP contribution in [0.1, 0.15) is 20.3 Å². The SMILES string of the molecule is C=C1CC(C)=C(C)C(=O)N1.